The fraction of sp³-hybridized carbons (Fsp3) is 0.417. The first kappa shape index (κ1) is 20.8. The van der Waals surface area contributed by atoms with Crippen LogP contribution in [0.25, 0.3) is 10.2 Å². The first-order chi connectivity index (χ1) is 14.5. The zero-order valence-corrected chi connectivity index (χ0v) is 18.9. The van der Waals surface area contributed by atoms with Gasteiger partial charge >= 0.3 is 0 Å². The van der Waals surface area contributed by atoms with Crippen molar-refractivity contribution in [3.05, 3.63) is 58.7 Å². The summed E-state index contributed by atoms with van der Waals surface area (Å²) in [5.74, 6) is 0.0204. The Labute approximate surface area is 182 Å². The second kappa shape index (κ2) is 9.14. The molecule has 6 heteroatoms. The maximum absolute atomic E-state index is 12.4. The normalized spacial score (nSPS) is 15.0. The fourth-order valence-electron chi connectivity index (χ4n) is 3.97. The highest BCUT2D eigenvalue weighted by Crippen LogP contribution is 2.30. The van der Waals surface area contributed by atoms with Crippen LogP contribution in [0, 0.1) is 13.8 Å². The number of carbonyl (C=O) groups excluding carboxylic acids is 1. The van der Waals surface area contributed by atoms with Crippen LogP contribution < -0.4 is 10.2 Å². The van der Waals surface area contributed by atoms with Gasteiger partial charge in [-0.05, 0) is 49.6 Å². The number of amides is 1. The van der Waals surface area contributed by atoms with Gasteiger partial charge in [-0.25, -0.2) is 4.98 Å². The topological polar surface area (TPSA) is 48.5 Å². The van der Waals surface area contributed by atoms with Gasteiger partial charge in [0.25, 0.3) is 5.91 Å². The van der Waals surface area contributed by atoms with Gasteiger partial charge in [-0.1, -0.05) is 42.0 Å². The maximum atomic E-state index is 12.4. The third kappa shape index (κ3) is 4.65. The molecular weight excluding hydrogens is 392 g/mol. The summed E-state index contributed by atoms with van der Waals surface area (Å²) in [5.41, 5.74) is 5.45. The molecule has 1 aliphatic rings. The Morgan fingerprint density at radius 2 is 1.90 bits per heavy atom. The third-order valence-electron chi connectivity index (χ3n) is 5.83. The Kier molecular flexibility index (Phi) is 6.35. The number of piperazine rings is 1. The number of thiazole rings is 1. The summed E-state index contributed by atoms with van der Waals surface area (Å²) in [6.45, 7) is 11.7. The van der Waals surface area contributed by atoms with E-state index < -0.39 is 0 Å². The van der Waals surface area contributed by atoms with E-state index in [2.05, 4.69) is 46.3 Å². The third-order valence-corrected chi connectivity index (χ3v) is 6.91. The van der Waals surface area contributed by atoms with Crippen molar-refractivity contribution in [2.45, 2.75) is 27.2 Å². The molecule has 1 aliphatic heterocycles. The lowest BCUT2D eigenvalue weighted by atomic mass is 10.1. The summed E-state index contributed by atoms with van der Waals surface area (Å²) in [4.78, 5) is 22.1. The number of fused-ring (bicyclic) bond motifs is 1. The van der Waals surface area contributed by atoms with E-state index in [1.54, 1.807) is 11.3 Å². The average molecular weight is 423 g/mol. The molecule has 2 heterocycles. The fourth-order valence-corrected chi connectivity index (χ4v) is 5.05. The van der Waals surface area contributed by atoms with Crippen molar-refractivity contribution >= 4 is 32.6 Å². The molecule has 0 bridgehead atoms. The molecule has 0 unspecified atom stereocenters. The molecule has 158 valence electrons. The van der Waals surface area contributed by atoms with Crippen LogP contribution in [0.3, 0.4) is 0 Å². The number of rotatable bonds is 6. The molecule has 5 nitrogen and oxygen atoms in total. The summed E-state index contributed by atoms with van der Waals surface area (Å²) in [6.07, 6.45) is 1.06. The minimum absolute atomic E-state index is 0.0204. The monoisotopic (exact) mass is 422 g/mol. The highest BCUT2D eigenvalue weighted by molar-refractivity contribution is 7.22. The van der Waals surface area contributed by atoms with Crippen molar-refractivity contribution in [3.8, 4) is 0 Å². The molecule has 1 fully saturated rings. The van der Waals surface area contributed by atoms with Gasteiger partial charge in [0, 0.05) is 44.8 Å². The molecule has 2 aromatic carbocycles. The smallest absolute Gasteiger partial charge is 0.251 e. The Balaban J connectivity index is 1.26. The van der Waals surface area contributed by atoms with E-state index >= 15 is 0 Å². The Morgan fingerprint density at radius 3 is 2.63 bits per heavy atom. The van der Waals surface area contributed by atoms with Gasteiger partial charge in [0.1, 0.15) is 0 Å². The summed E-state index contributed by atoms with van der Waals surface area (Å²) in [5, 5.41) is 4.20. The molecule has 1 N–H and O–H groups in total. The molecule has 0 saturated carbocycles. The minimum atomic E-state index is 0.0204. The predicted octanol–water partition coefficient (Wildman–Crippen LogP) is 4.03. The summed E-state index contributed by atoms with van der Waals surface area (Å²) in [7, 11) is 0. The summed E-state index contributed by atoms with van der Waals surface area (Å²) in [6, 6.07) is 12.6. The summed E-state index contributed by atoms with van der Waals surface area (Å²) < 4.78 is 1.28. The highest BCUT2D eigenvalue weighted by Gasteiger charge is 2.20. The van der Waals surface area contributed by atoms with E-state index in [9.17, 15) is 4.79 Å². The van der Waals surface area contributed by atoms with Crippen LogP contribution in [0.1, 0.15) is 34.0 Å². The number of benzene rings is 2. The van der Waals surface area contributed by atoms with E-state index in [0.717, 1.165) is 60.9 Å². The van der Waals surface area contributed by atoms with Crippen LogP contribution >= 0.6 is 11.3 Å². The first-order valence-electron chi connectivity index (χ1n) is 10.8. The number of carbonyl (C=O) groups is 1. The highest BCUT2D eigenvalue weighted by atomic mass is 32.1. The molecule has 1 saturated heterocycles. The molecule has 3 aromatic rings. The standard InChI is InChI=1S/C24H30N4OS/c1-4-19-6-8-21-22(16-19)30-24(26-21)28-13-11-27(12-14-28)10-9-25-23(29)20-7-5-17(2)15-18(20)3/h5-8,15-16H,4,9-14H2,1-3H3,(H,25,29). The van der Waals surface area contributed by atoms with Crippen LogP contribution in [-0.4, -0.2) is 55.1 Å². The molecule has 0 radical (unpaired) electrons. The Morgan fingerprint density at radius 1 is 1.10 bits per heavy atom. The second-order valence-electron chi connectivity index (χ2n) is 8.06. The molecule has 0 spiro atoms. The Hall–Kier alpha value is -2.44. The zero-order chi connectivity index (χ0) is 21.1. The van der Waals surface area contributed by atoms with Gasteiger partial charge < -0.3 is 10.2 Å². The van der Waals surface area contributed by atoms with E-state index in [1.807, 2.05) is 26.0 Å². The average Bonchev–Trinajstić information content (AvgIpc) is 3.17. The van der Waals surface area contributed by atoms with Crippen molar-refractivity contribution < 1.29 is 4.79 Å². The van der Waals surface area contributed by atoms with E-state index in [0.29, 0.717) is 6.54 Å². The summed E-state index contributed by atoms with van der Waals surface area (Å²) >= 11 is 1.80. The molecular formula is C24H30N4OS. The number of aryl methyl sites for hydroxylation is 3. The van der Waals surface area contributed by atoms with Gasteiger partial charge in [-0.2, -0.15) is 0 Å². The Bertz CT molecular complexity index is 1040. The van der Waals surface area contributed by atoms with Gasteiger partial charge in [-0.15, -0.1) is 0 Å². The molecule has 1 aromatic heterocycles. The SMILES string of the molecule is CCc1ccc2nc(N3CCN(CCNC(=O)c4ccc(C)cc4C)CC3)sc2c1. The zero-order valence-electron chi connectivity index (χ0n) is 18.1. The minimum Gasteiger partial charge on any atom is -0.351 e. The van der Waals surface area contributed by atoms with E-state index in [-0.39, 0.29) is 5.91 Å². The quantitative estimate of drug-likeness (QED) is 0.652. The van der Waals surface area contributed by atoms with Crippen LogP contribution in [0.4, 0.5) is 5.13 Å². The first-order valence-corrected chi connectivity index (χ1v) is 11.6. The molecule has 0 atom stereocenters. The van der Waals surface area contributed by atoms with Crippen LogP contribution in [-0.2, 0) is 6.42 Å². The predicted molar refractivity (Wildman–Crippen MR) is 126 cm³/mol. The number of aromatic nitrogens is 1. The number of nitrogens with one attached hydrogen (secondary N) is 1. The lowest BCUT2D eigenvalue weighted by molar-refractivity contribution is 0.0947. The van der Waals surface area contributed by atoms with Crippen molar-refractivity contribution in [3.63, 3.8) is 0 Å². The van der Waals surface area contributed by atoms with Gasteiger partial charge in [0.2, 0.25) is 0 Å². The maximum Gasteiger partial charge on any atom is 0.251 e. The lowest BCUT2D eigenvalue weighted by Crippen LogP contribution is -2.48. The van der Waals surface area contributed by atoms with E-state index in [1.165, 1.54) is 15.8 Å². The second-order valence-corrected chi connectivity index (χ2v) is 9.06. The van der Waals surface area contributed by atoms with Crippen molar-refractivity contribution in [1.29, 1.82) is 0 Å². The van der Waals surface area contributed by atoms with Crippen molar-refractivity contribution in [2.24, 2.45) is 0 Å². The molecule has 30 heavy (non-hydrogen) atoms. The van der Waals surface area contributed by atoms with Gasteiger partial charge in [0.15, 0.2) is 5.13 Å². The van der Waals surface area contributed by atoms with Crippen LogP contribution in [0.5, 0.6) is 0 Å². The number of hydrogen-bond donors (Lipinski definition) is 1. The number of hydrogen-bond acceptors (Lipinski definition) is 5. The van der Waals surface area contributed by atoms with Gasteiger partial charge in [0.05, 0.1) is 10.2 Å². The molecule has 1 amide bonds. The van der Waals surface area contributed by atoms with Gasteiger partial charge in [-0.3, -0.25) is 9.69 Å². The largest absolute Gasteiger partial charge is 0.351 e. The number of anilines is 1. The molecule has 4 rings (SSSR count). The number of nitrogens with zero attached hydrogens (tertiary/aromatic N) is 3. The van der Waals surface area contributed by atoms with E-state index in [4.69, 9.17) is 4.98 Å². The molecule has 0 aliphatic carbocycles. The van der Waals surface area contributed by atoms with Crippen molar-refractivity contribution in [2.75, 3.05) is 44.2 Å². The van der Waals surface area contributed by atoms with Crippen LogP contribution in [0.2, 0.25) is 0 Å². The van der Waals surface area contributed by atoms with Crippen molar-refractivity contribution in [1.82, 2.24) is 15.2 Å². The van der Waals surface area contributed by atoms with Crippen LogP contribution in [0.15, 0.2) is 36.4 Å². The lowest BCUT2D eigenvalue weighted by Gasteiger charge is -2.34.